The summed E-state index contributed by atoms with van der Waals surface area (Å²) < 4.78 is 0. The Bertz CT molecular complexity index is 941. The molecule has 0 saturated heterocycles. The Hall–Kier alpha value is -3.05. The number of hydrazone groups is 1. The topological polar surface area (TPSA) is 73.7 Å². The standard InChI is InChI=1S/C19H16ClN3O2/c20-16-7-3-4-8-17(16)21-12-19(25)23-22-11-15-14-6-2-1-5-13(14)9-10-18(15)24/h1-11,21,24H,12H2,(H,23,25)/b22-11+. The number of amides is 1. The molecule has 3 rings (SSSR count). The van der Waals surface area contributed by atoms with Crippen molar-refractivity contribution in [3.05, 3.63) is 71.2 Å². The molecule has 126 valence electrons. The first-order valence-corrected chi connectivity index (χ1v) is 8.04. The summed E-state index contributed by atoms with van der Waals surface area (Å²) in [7, 11) is 0. The molecule has 5 nitrogen and oxygen atoms in total. The number of rotatable bonds is 5. The second-order valence-electron chi connectivity index (χ2n) is 5.35. The molecule has 0 atom stereocenters. The summed E-state index contributed by atoms with van der Waals surface area (Å²) in [6, 6.07) is 18.2. The third-order valence-electron chi connectivity index (χ3n) is 3.64. The van der Waals surface area contributed by atoms with Gasteiger partial charge in [-0.25, -0.2) is 5.43 Å². The molecule has 0 saturated carbocycles. The molecular weight excluding hydrogens is 338 g/mol. The van der Waals surface area contributed by atoms with Gasteiger partial charge in [0.15, 0.2) is 0 Å². The fourth-order valence-corrected chi connectivity index (χ4v) is 2.61. The Labute approximate surface area is 149 Å². The van der Waals surface area contributed by atoms with E-state index in [-0.39, 0.29) is 18.2 Å². The first-order chi connectivity index (χ1) is 12.1. The molecule has 1 amide bonds. The molecule has 0 aliphatic rings. The van der Waals surface area contributed by atoms with Gasteiger partial charge in [-0.05, 0) is 29.0 Å². The minimum Gasteiger partial charge on any atom is -0.507 e. The van der Waals surface area contributed by atoms with Crippen LogP contribution < -0.4 is 10.7 Å². The molecule has 0 unspecified atom stereocenters. The summed E-state index contributed by atoms with van der Waals surface area (Å²) in [5.74, 6) is -0.221. The highest BCUT2D eigenvalue weighted by Crippen LogP contribution is 2.25. The quantitative estimate of drug-likeness (QED) is 0.483. The SMILES string of the molecule is O=C(CNc1ccccc1Cl)N/N=C/c1c(O)ccc2ccccc12. The molecule has 25 heavy (non-hydrogen) atoms. The van der Waals surface area contributed by atoms with Crippen molar-refractivity contribution in [2.75, 3.05) is 11.9 Å². The molecule has 0 aromatic heterocycles. The molecule has 0 radical (unpaired) electrons. The third-order valence-corrected chi connectivity index (χ3v) is 3.97. The Morgan fingerprint density at radius 1 is 1.08 bits per heavy atom. The van der Waals surface area contributed by atoms with Gasteiger partial charge in [-0.3, -0.25) is 4.79 Å². The van der Waals surface area contributed by atoms with E-state index in [9.17, 15) is 9.90 Å². The number of aromatic hydroxyl groups is 1. The Kier molecular flexibility index (Phi) is 5.16. The summed E-state index contributed by atoms with van der Waals surface area (Å²) in [6.45, 7) is 0.0304. The number of anilines is 1. The number of hydrogen-bond acceptors (Lipinski definition) is 4. The average Bonchev–Trinajstić information content (AvgIpc) is 2.63. The van der Waals surface area contributed by atoms with Crippen LogP contribution in [0.15, 0.2) is 65.8 Å². The number of hydrogen-bond donors (Lipinski definition) is 3. The van der Waals surface area contributed by atoms with Crippen LogP contribution >= 0.6 is 11.6 Å². The molecular formula is C19H16ClN3O2. The Morgan fingerprint density at radius 3 is 2.68 bits per heavy atom. The largest absolute Gasteiger partial charge is 0.507 e. The van der Waals surface area contributed by atoms with Gasteiger partial charge < -0.3 is 10.4 Å². The van der Waals surface area contributed by atoms with Crippen LogP contribution in [0.25, 0.3) is 10.8 Å². The van der Waals surface area contributed by atoms with Crippen LogP contribution in [0.2, 0.25) is 5.02 Å². The number of benzene rings is 3. The van der Waals surface area contributed by atoms with E-state index >= 15 is 0 Å². The van der Waals surface area contributed by atoms with Crippen LogP contribution in [0.3, 0.4) is 0 Å². The van der Waals surface area contributed by atoms with Crippen molar-refractivity contribution in [3.8, 4) is 5.75 Å². The molecule has 3 aromatic rings. The van der Waals surface area contributed by atoms with E-state index in [0.29, 0.717) is 16.3 Å². The van der Waals surface area contributed by atoms with Gasteiger partial charge in [-0.2, -0.15) is 5.10 Å². The van der Waals surface area contributed by atoms with E-state index in [1.165, 1.54) is 6.21 Å². The van der Waals surface area contributed by atoms with Crippen molar-refractivity contribution in [3.63, 3.8) is 0 Å². The van der Waals surface area contributed by atoms with Crippen LogP contribution in [0.4, 0.5) is 5.69 Å². The molecule has 6 heteroatoms. The summed E-state index contributed by atoms with van der Waals surface area (Å²) in [6.07, 6.45) is 1.44. The van der Waals surface area contributed by atoms with Crippen LogP contribution in [-0.2, 0) is 4.79 Å². The Morgan fingerprint density at radius 2 is 1.84 bits per heavy atom. The van der Waals surface area contributed by atoms with E-state index < -0.39 is 0 Å². The van der Waals surface area contributed by atoms with Gasteiger partial charge in [-0.1, -0.05) is 54.1 Å². The molecule has 0 heterocycles. The number of fused-ring (bicyclic) bond motifs is 1. The van der Waals surface area contributed by atoms with Crippen molar-refractivity contribution in [1.29, 1.82) is 0 Å². The number of phenolic OH excluding ortho intramolecular Hbond substituents is 1. The lowest BCUT2D eigenvalue weighted by atomic mass is 10.0. The van der Waals surface area contributed by atoms with Gasteiger partial charge in [-0.15, -0.1) is 0 Å². The summed E-state index contributed by atoms with van der Waals surface area (Å²) in [4.78, 5) is 11.9. The fraction of sp³-hybridized carbons (Fsp3) is 0.0526. The van der Waals surface area contributed by atoms with E-state index in [2.05, 4.69) is 15.8 Å². The first kappa shape index (κ1) is 16.8. The summed E-state index contributed by atoms with van der Waals surface area (Å²) in [5.41, 5.74) is 3.66. The van der Waals surface area contributed by atoms with E-state index in [1.54, 1.807) is 18.2 Å². The van der Waals surface area contributed by atoms with Crippen LogP contribution in [0.5, 0.6) is 5.75 Å². The molecule has 0 aliphatic heterocycles. The van der Waals surface area contributed by atoms with Crippen molar-refractivity contribution >= 4 is 40.2 Å². The zero-order chi connectivity index (χ0) is 17.6. The van der Waals surface area contributed by atoms with E-state index in [1.807, 2.05) is 42.5 Å². The van der Waals surface area contributed by atoms with Crippen LogP contribution in [0.1, 0.15) is 5.56 Å². The number of nitrogens with zero attached hydrogens (tertiary/aromatic N) is 1. The zero-order valence-corrected chi connectivity index (χ0v) is 14.0. The van der Waals surface area contributed by atoms with Crippen molar-refractivity contribution < 1.29 is 9.90 Å². The predicted molar refractivity (Wildman–Crippen MR) is 101 cm³/mol. The molecule has 3 N–H and O–H groups in total. The molecule has 0 bridgehead atoms. The minimum atomic E-state index is -0.323. The van der Waals surface area contributed by atoms with Gasteiger partial charge in [0, 0.05) is 5.56 Å². The highest BCUT2D eigenvalue weighted by Gasteiger charge is 2.05. The first-order valence-electron chi connectivity index (χ1n) is 7.66. The van der Waals surface area contributed by atoms with Gasteiger partial charge in [0.2, 0.25) is 0 Å². The predicted octanol–water partition coefficient (Wildman–Crippen LogP) is 3.76. The highest BCUT2D eigenvalue weighted by molar-refractivity contribution is 6.33. The van der Waals surface area contributed by atoms with Crippen molar-refractivity contribution in [2.45, 2.75) is 0 Å². The minimum absolute atomic E-state index is 0.0304. The number of phenols is 1. The van der Waals surface area contributed by atoms with Gasteiger partial charge >= 0.3 is 0 Å². The van der Waals surface area contributed by atoms with E-state index in [0.717, 1.165) is 10.8 Å². The number of para-hydroxylation sites is 1. The number of halogens is 1. The maximum Gasteiger partial charge on any atom is 0.259 e. The molecule has 0 fully saturated rings. The number of carbonyl (C=O) groups is 1. The average molecular weight is 354 g/mol. The lowest BCUT2D eigenvalue weighted by Crippen LogP contribution is -2.25. The summed E-state index contributed by atoms with van der Waals surface area (Å²) >= 11 is 6.01. The second kappa shape index (κ2) is 7.68. The monoisotopic (exact) mass is 353 g/mol. The molecule has 0 spiro atoms. The smallest absolute Gasteiger partial charge is 0.259 e. The van der Waals surface area contributed by atoms with Crippen molar-refractivity contribution in [1.82, 2.24) is 5.43 Å². The maximum atomic E-state index is 11.9. The van der Waals surface area contributed by atoms with Crippen molar-refractivity contribution in [2.24, 2.45) is 5.10 Å². The second-order valence-corrected chi connectivity index (χ2v) is 5.75. The third kappa shape index (κ3) is 4.08. The molecule has 3 aromatic carbocycles. The van der Waals surface area contributed by atoms with Crippen LogP contribution in [0, 0.1) is 0 Å². The molecule has 0 aliphatic carbocycles. The summed E-state index contributed by atoms with van der Waals surface area (Å²) in [5, 5.41) is 19.3. The van der Waals surface area contributed by atoms with Crippen LogP contribution in [-0.4, -0.2) is 23.8 Å². The normalized spacial score (nSPS) is 10.9. The van der Waals surface area contributed by atoms with E-state index in [4.69, 9.17) is 11.6 Å². The lowest BCUT2D eigenvalue weighted by molar-refractivity contribution is -0.119. The maximum absolute atomic E-state index is 11.9. The Balaban J connectivity index is 1.64. The number of carbonyl (C=O) groups excluding carboxylic acids is 1. The van der Waals surface area contributed by atoms with Gasteiger partial charge in [0.25, 0.3) is 5.91 Å². The lowest BCUT2D eigenvalue weighted by Gasteiger charge is -2.07. The van der Waals surface area contributed by atoms with Gasteiger partial charge in [0.05, 0.1) is 23.5 Å². The fourth-order valence-electron chi connectivity index (χ4n) is 2.41. The van der Waals surface area contributed by atoms with Gasteiger partial charge in [0.1, 0.15) is 5.75 Å². The zero-order valence-electron chi connectivity index (χ0n) is 13.2. The highest BCUT2D eigenvalue weighted by atomic mass is 35.5. The number of nitrogens with one attached hydrogen (secondary N) is 2.